The first-order chi connectivity index (χ1) is 7.10. The summed E-state index contributed by atoms with van der Waals surface area (Å²) >= 11 is 0. The van der Waals surface area contributed by atoms with Crippen molar-refractivity contribution in [1.82, 2.24) is 0 Å². The van der Waals surface area contributed by atoms with E-state index < -0.39 is 10.8 Å². The molecule has 0 saturated heterocycles. The van der Waals surface area contributed by atoms with Crippen molar-refractivity contribution >= 4 is 16.5 Å². The van der Waals surface area contributed by atoms with E-state index >= 15 is 0 Å². The molecule has 0 saturated carbocycles. The lowest BCUT2D eigenvalue weighted by molar-refractivity contribution is 0.657. The van der Waals surface area contributed by atoms with Gasteiger partial charge in [-0.05, 0) is 37.5 Å². The summed E-state index contributed by atoms with van der Waals surface area (Å²) in [6, 6.07) is 5.62. The molecule has 1 rings (SSSR count). The van der Waals surface area contributed by atoms with Gasteiger partial charge in [-0.2, -0.15) is 0 Å². The molecule has 3 heteroatoms. The van der Waals surface area contributed by atoms with Gasteiger partial charge in [0.1, 0.15) is 0 Å². The Kier molecular flexibility index (Phi) is 4.33. The highest BCUT2D eigenvalue weighted by Gasteiger charge is 2.16. The third kappa shape index (κ3) is 2.81. The third-order valence-electron chi connectivity index (χ3n) is 2.64. The van der Waals surface area contributed by atoms with Gasteiger partial charge in [0.05, 0.1) is 10.8 Å². The first-order valence-corrected chi connectivity index (χ1v) is 6.58. The van der Waals surface area contributed by atoms with Crippen LogP contribution in [0.3, 0.4) is 0 Å². The van der Waals surface area contributed by atoms with Gasteiger partial charge in [0.25, 0.3) is 0 Å². The zero-order valence-electron chi connectivity index (χ0n) is 9.62. The van der Waals surface area contributed by atoms with E-state index in [1.165, 1.54) is 0 Å². The summed E-state index contributed by atoms with van der Waals surface area (Å²) in [6.07, 6.45) is 1.88. The Hall–Kier alpha value is -0.830. The lowest BCUT2D eigenvalue weighted by Gasteiger charge is -2.14. The second-order valence-electron chi connectivity index (χ2n) is 3.76. The maximum Gasteiger partial charge on any atom is 0.0564 e. The van der Waals surface area contributed by atoms with Crippen LogP contribution in [-0.2, 0) is 10.8 Å². The van der Waals surface area contributed by atoms with Crippen LogP contribution in [0.25, 0.3) is 0 Å². The van der Waals surface area contributed by atoms with E-state index in [2.05, 4.69) is 13.8 Å². The van der Waals surface area contributed by atoms with Gasteiger partial charge in [0.15, 0.2) is 0 Å². The molecule has 1 unspecified atom stereocenters. The van der Waals surface area contributed by atoms with E-state index in [1.807, 2.05) is 25.1 Å². The monoisotopic (exact) mass is 225 g/mol. The number of anilines is 1. The normalized spacial score (nSPS) is 13.1. The Morgan fingerprint density at radius 2 is 1.93 bits per heavy atom. The van der Waals surface area contributed by atoms with Crippen molar-refractivity contribution in [2.24, 2.45) is 0 Å². The summed E-state index contributed by atoms with van der Waals surface area (Å²) in [5.74, 6) is 0. The van der Waals surface area contributed by atoms with Crippen molar-refractivity contribution in [2.75, 3.05) is 5.73 Å². The van der Waals surface area contributed by atoms with Gasteiger partial charge in [-0.3, -0.25) is 4.21 Å². The molecule has 2 nitrogen and oxygen atoms in total. The van der Waals surface area contributed by atoms with E-state index in [-0.39, 0.29) is 5.25 Å². The van der Waals surface area contributed by atoms with Crippen LogP contribution in [0.15, 0.2) is 23.1 Å². The van der Waals surface area contributed by atoms with E-state index in [0.717, 1.165) is 23.3 Å². The van der Waals surface area contributed by atoms with Crippen LogP contribution < -0.4 is 5.73 Å². The quantitative estimate of drug-likeness (QED) is 0.801. The molecule has 0 aromatic heterocycles. The Bertz CT molecular complexity index is 359. The number of nitrogens with two attached hydrogens (primary N) is 1. The number of hydrogen-bond acceptors (Lipinski definition) is 2. The van der Waals surface area contributed by atoms with E-state index in [4.69, 9.17) is 5.73 Å². The largest absolute Gasteiger partial charge is 0.399 e. The van der Waals surface area contributed by atoms with Crippen LogP contribution in [0.1, 0.15) is 32.3 Å². The highest BCUT2D eigenvalue weighted by molar-refractivity contribution is 7.85. The molecule has 0 fully saturated rings. The predicted molar refractivity (Wildman–Crippen MR) is 66.4 cm³/mol. The predicted octanol–water partition coefficient (Wildman–Crippen LogP) is 2.87. The number of rotatable bonds is 4. The maximum atomic E-state index is 12.2. The smallest absolute Gasteiger partial charge is 0.0564 e. The first kappa shape index (κ1) is 12.2. The van der Waals surface area contributed by atoms with Crippen molar-refractivity contribution in [3.05, 3.63) is 23.8 Å². The van der Waals surface area contributed by atoms with Crippen molar-refractivity contribution in [3.63, 3.8) is 0 Å². The summed E-state index contributed by atoms with van der Waals surface area (Å²) in [5.41, 5.74) is 7.47. The molecule has 0 heterocycles. The minimum atomic E-state index is -0.923. The molecule has 1 aromatic rings. The van der Waals surface area contributed by atoms with Crippen LogP contribution in [0.2, 0.25) is 0 Å². The number of nitrogen functional groups attached to an aromatic ring is 1. The highest BCUT2D eigenvalue weighted by Crippen LogP contribution is 2.22. The van der Waals surface area contributed by atoms with Gasteiger partial charge in [0.2, 0.25) is 0 Å². The molecule has 84 valence electrons. The molecule has 1 aromatic carbocycles. The van der Waals surface area contributed by atoms with Gasteiger partial charge in [-0.1, -0.05) is 19.9 Å². The average Bonchev–Trinajstić information content (AvgIpc) is 2.23. The Labute approximate surface area is 94.3 Å². The fraction of sp³-hybridized carbons (Fsp3) is 0.500. The van der Waals surface area contributed by atoms with Crippen LogP contribution >= 0.6 is 0 Å². The van der Waals surface area contributed by atoms with Crippen LogP contribution in [0.4, 0.5) is 5.69 Å². The molecule has 2 N–H and O–H groups in total. The summed E-state index contributed by atoms with van der Waals surface area (Å²) < 4.78 is 12.2. The zero-order chi connectivity index (χ0) is 11.4. The Balaban J connectivity index is 3.04. The number of aryl methyl sites for hydroxylation is 1. The highest BCUT2D eigenvalue weighted by atomic mass is 32.2. The molecule has 0 aliphatic heterocycles. The minimum Gasteiger partial charge on any atom is -0.399 e. The second-order valence-corrected chi connectivity index (χ2v) is 5.46. The molecule has 0 radical (unpaired) electrons. The minimum absolute atomic E-state index is 0.241. The van der Waals surface area contributed by atoms with Crippen LogP contribution in [0.5, 0.6) is 0 Å². The zero-order valence-corrected chi connectivity index (χ0v) is 10.4. The number of benzene rings is 1. The summed E-state index contributed by atoms with van der Waals surface area (Å²) in [7, 11) is -0.923. The van der Waals surface area contributed by atoms with Crippen molar-refractivity contribution < 1.29 is 4.21 Å². The second kappa shape index (κ2) is 5.31. The lowest BCUT2D eigenvalue weighted by atomic mass is 10.2. The molecule has 0 bridgehead atoms. The third-order valence-corrected chi connectivity index (χ3v) is 4.79. The number of hydrogen-bond donors (Lipinski definition) is 1. The van der Waals surface area contributed by atoms with E-state index in [0.29, 0.717) is 5.69 Å². The SMILES string of the molecule is CCC(CC)S(=O)c1cc(N)ccc1C. The fourth-order valence-electron chi connectivity index (χ4n) is 1.60. The molecule has 0 spiro atoms. The lowest BCUT2D eigenvalue weighted by Crippen LogP contribution is -2.14. The summed E-state index contributed by atoms with van der Waals surface area (Å²) in [5, 5.41) is 0.241. The summed E-state index contributed by atoms with van der Waals surface area (Å²) in [6.45, 7) is 6.14. The standard InChI is InChI=1S/C12H19NOS/c1-4-11(5-2)15(14)12-8-10(13)7-6-9(12)3/h6-8,11H,4-5,13H2,1-3H3. The fourth-order valence-corrected chi connectivity index (χ4v) is 3.21. The van der Waals surface area contributed by atoms with Gasteiger partial charge >= 0.3 is 0 Å². The topological polar surface area (TPSA) is 43.1 Å². The Morgan fingerprint density at radius 3 is 2.47 bits per heavy atom. The van der Waals surface area contributed by atoms with Gasteiger partial charge in [0, 0.05) is 15.8 Å². The van der Waals surface area contributed by atoms with Crippen molar-refractivity contribution in [1.29, 1.82) is 0 Å². The van der Waals surface area contributed by atoms with E-state index in [1.54, 1.807) is 0 Å². The van der Waals surface area contributed by atoms with E-state index in [9.17, 15) is 4.21 Å². The summed E-state index contributed by atoms with van der Waals surface area (Å²) in [4.78, 5) is 0.892. The molecular formula is C12H19NOS. The molecular weight excluding hydrogens is 206 g/mol. The maximum absolute atomic E-state index is 12.2. The van der Waals surface area contributed by atoms with Crippen LogP contribution in [0, 0.1) is 6.92 Å². The van der Waals surface area contributed by atoms with Gasteiger partial charge in [-0.25, -0.2) is 0 Å². The van der Waals surface area contributed by atoms with Crippen molar-refractivity contribution in [2.45, 2.75) is 43.8 Å². The molecule has 15 heavy (non-hydrogen) atoms. The van der Waals surface area contributed by atoms with Crippen LogP contribution in [-0.4, -0.2) is 9.46 Å². The molecule has 0 aliphatic carbocycles. The van der Waals surface area contributed by atoms with Crippen molar-refractivity contribution in [3.8, 4) is 0 Å². The Morgan fingerprint density at radius 1 is 1.33 bits per heavy atom. The van der Waals surface area contributed by atoms with Gasteiger partial charge in [-0.15, -0.1) is 0 Å². The van der Waals surface area contributed by atoms with Gasteiger partial charge < -0.3 is 5.73 Å². The molecule has 0 amide bonds. The molecule has 1 atom stereocenters. The first-order valence-electron chi connectivity index (χ1n) is 5.36. The molecule has 0 aliphatic rings. The average molecular weight is 225 g/mol.